The predicted molar refractivity (Wildman–Crippen MR) is 136 cm³/mol. The first-order chi connectivity index (χ1) is 17.5. The van der Waals surface area contributed by atoms with E-state index in [1.165, 1.54) is 6.08 Å². The zero-order chi connectivity index (χ0) is 24.9. The lowest BCUT2D eigenvalue weighted by Gasteiger charge is -2.37. The molecule has 2 aliphatic rings. The highest BCUT2D eigenvalue weighted by Gasteiger charge is 2.55. The number of imidazole rings is 1. The summed E-state index contributed by atoms with van der Waals surface area (Å²) in [4.78, 5) is 41.2. The van der Waals surface area contributed by atoms with E-state index in [1.54, 1.807) is 12.4 Å². The molecule has 2 bridgehead atoms. The van der Waals surface area contributed by atoms with Gasteiger partial charge in [0.2, 0.25) is 5.91 Å². The van der Waals surface area contributed by atoms with Gasteiger partial charge in [0.25, 0.3) is 0 Å². The van der Waals surface area contributed by atoms with Gasteiger partial charge < -0.3 is 10.6 Å². The van der Waals surface area contributed by atoms with Gasteiger partial charge in [-0.3, -0.25) is 19.0 Å². The lowest BCUT2D eigenvalue weighted by Crippen LogP contribution is -2.46. The van der Waals surface area contributed by atoms with E-state index in [0.29, 0.717) is 35.1 Å². The highest BCUT2D eigenvalue weighted by atomic mass is 16.2. The number of rotatable bonds is 6. The summed E-state index contributed by atoms with van der Waals surface area (Å²) in [7, 11) is 0. The Labute approximate surface area is 208 Å². The number of nitrogens with zero attached hydrogens (tertiary/aromatic N) is 5. The van der Waals surface area contributed by atoms with Crippen molar-refractivity contribution in [2.24, 2.45) is 5.92 Å². The monoisotopic (exact) mass is 478 g/mol. The number of Topliss-reactive ketones (excluding diaryl/α,β-unsaturated/α-hetero) is 1. The van der Waals surface area contributed by atoms with Gasteiger partial charge in [0.05, 0.1) is 6.42 Å². The number of piperidine rings is 1. The number of anilines is 1. The minimum atomic E-state index is -0.497. The maximum atomic E-state index is 12.8. The molecular formula is C28H26N6O2. The molecule has 2 fully saturated rings. The number of nitrogen functional groups attached to an aromatic ring is 1. The molecule has 3 aromatic heterocycles. The number of likely N-dealkylation sites (tertiary alicyclic amines) is 1. The number of ketones is 1. The van der Waals surface area contributed by atoms with Crippen molar-refractivity contribution in [2.45, 2.75) is 31.2 Å². The van der Waals surface area contributed by atoms with Crippen molar-refractivity contribution in [3.05, 3.63) is 90.8 Å². The normalized spacial score (nSPS) is 20.7. The Bertz CT molecular complexity index is 1490. The Balaban J connectivity index is 1.41. The molecule has 4 heterocycles. The molecule has 2 unspecified atom stereocenters. The largest absolute Gasteiger partial charge is 0.382 e. The van der Waals surface area contributed by atoms with Crippen molar-refractivity contribution in [3.63, 3.8) is 0 Å². The van der Waals surface area contributed by atoms with Gasteiger partial charge in [-0.1, -0.05) is 36.9 Å². The second-order valence-corrected chi connectivity index (χ2v) is 9.61. The Morgan fingerprint density at radius 3 is 2.69 bits per heavy atom. The smallest absolute Gasteiger partial charge is 0.246 e. The molecule has 8 heteroatoms. The van der Waals surface area contributed by atoms with Gasteiger partial charge in [0.15, 0.2) is 5.78 Å². The summed E-state index contributed by atoms with van der Waals surface area (Å²) < 4.78 is 1.98. The van der Waals surface area contributed by atoms with Crippen molar-refractivity contribution in [3.8, 4) is 11.3 Å². The molecule has 1 saturated carbocycles. The van der Waals surface area contributed by atoms with Gasteiger partial charge in [0.1, 0.15) is 28.4 Å². The Kier molecular flexibility index (Phi) is 5.17. The van der Waals surface area contributed by atoms with Crippen LogP contribution in [0.2, 0.25) is 0 Å². The van der Waals surface area contributed by atoms with Crippen LogP contribution in [-0.4, -0.2) is 42.5 Å². The van der Waals surface area contributed by atoms with Crippen LogP contribution in [0.1, 0.15) is 41.1 Å². The number of aromatic nitrogens is 4. The van der Waals surface area contributed by atoms with Crippen LogP contribution in [0.3, 0.4) is 0 Å². The van der Waals surface area contributed by atoms with Gasteiger partial charge in [-0.05, 0) is 43.4 Å². The molecule has 4 aromatic rings. The standard InChI is InChI=1S/C28H26N6O2/c1-2-23(36)34-17-18-10-11-28(34,16-18)27-32-24(25-26(29)31-13-14-33(25)27)20-8-6-19(7-9-20)22(35)15-21-5-3-4-12-30-21/h2-9,12-14,18H,1,10-11,15-17H2,(H2,29,31). The number of amides is 1. The van der Waals surface area contributed by atoms with Crippen LogP contribution in [0.25, 0.3) is 16.8 Å². The maximum Gasteiger partial charge on any atom is 0.246 e. The number of benzene rings is 1. The summed E-state index contributed by atoms with van der Waals surface area (Å²) in [5.74, 6) is 1.54. The molecule has 2 atom stereocenters. The Hall–Kier alpha value is -4.33. The highest BCUT2D eigenvalue weighted by Crippen LogP contribution is 2.53. The first-order valence-electron chi connectivity index (χ1n) is 12.1. The van der Waals surface area contributed by atoms with Gasteiger partial charge >= 0.3 is 0 Å². The van der Waals surface area contributed by atoms with Gasteiger partial charge in [-0.15, -0.1) is 0 Å². The average Bonchev–Trinajstić information content (AvgIpc) is 3.61. The molecule has 1 aromatic carbocycles. The van der Waals surface area contributed by atoms with Crippen LogP contribution in [0, 0.1) is 5.92 Å². The second kappa shape index (κ2) is 8.41. The number of carbonyl (C=O) groups excluding carboxylic acids is 2. The topological polar surface area (TPSA) is 106 Å². The lowest BCUT2D eigenvalue weighted by molar-refractivity contribution is -0.131. The van der Waals surface area contributed by atoms with Crippen molar-refractivity contribution in [1.29, 1.82) is 0 Å². The number of fused-ring (bicyclic) bond motifs is 3. The van der Waals surface area contributed by atoms with Crippen molar-refractivity contribution >= 4 is 23.0 Å². The quantitative estimate of drug-likeness (QED) is 0.334. The van der Waals surface area contributed by atoms with Crippen LogP contribution in [0.5, 0.6) is 0 Å². The minimum absolute atomic E-state index is 0.00256. The van der Waals surface area contributed by atoms with E-state index in [9.17, 15) is 9.59 Å². The zero-order valence-electron chi connectivity index (χ0n) is 19.8. The average molecular weight is 479 g/mol. The zero-order valence-corrected chi connectivity index (χ0v) is 19.8. The van der Waals surface area contributed by atoms with Crippen LogP contribution in [0.4, 0.5) is 5.82 Å². The number of carbonyl (C=O) groups is 2. The molecule has 6 rings (SSSR count). The van der Waals surface area contributed by atoms with E-state index < -0.39 is 5.54 Å². The molecule has 1 aliphatic heterocycles. The first-order valence-corrected chi connectivity index (χ1v) is 12.1. The summed E-state index contributed by atoms with van der Waals surface area (Å²) in [5.41, 5.74) is 9.43. The predicted octanol–water partition coefficient (Wildman–Crippen LogP) is 3.82. The van der Waals surface area contributed by atoms with Crippen LogP contribution in [-0.2, 0) is 16.8 Å². The molecule has 36 heavy (non-hydrogen) atoms. The van der Waals surface area contributed by atoms with E-state index in [-0.39, 0.29) is 18.1 Å². The number of hydrogen-bond donors (Lipinski definition) is 1. The highest BCUT2D eigenvalue weighted by molar-refractivity contribution is 5.98. The Morgan fingerprint density at radius 1 is 1.14 bits per heavy atom. The summed E-state index contributed by atoms with van der Waals surface area (Å²) in [5, 5.41) is 0. The van der Waals surface area contributed by atoms with E-state index >= 15 is 0 Å². The van der Waals surface area contributed by atoms with Crippen LogP contribution < -0.4 is 5.73 Å². The van der Waals surface area contributed by atoms with Gasteiger partial charge in [-0.25, -0.2) is 9.97 Å². The molecule has 1 amide bonds. The van der Waals surface area contributed by atoms with Crippen molar-refractivity contribution in [1.82, 2.24) is 24.3 Å². The summed E-state index contributed by atoms with van der Waals surface area (Å²) >= 11 is 0. The van der Waals surface area contributed by atoms with E-state index in [0.717, 1.165) is 36.3 Å². The minimum Gasteiger partial charge on any atom is -0.382 e. The molecule has 1 aliphatic carbocycles. The SMILES string of the molecule is C=CC(=O)N1CC2CCC1(c1nc(-c3ccc(C(=O)Cc4ccccn4)cc3)c3c(N)nccn13)C2. The van der Waals surface area contributed by atoms with Crippen LogP contribution >= 0.6 is 0 Å². The molecule has 0 radical (unpaired) electrons. The fourth-order valence-corrected chi connectivity index (χ4v) is 5.87. The summed E-state index contributed by atoms with van der Waals surface area (Å²) in [6.45, 7) is 4.42. The lowest BCUT2D eigenvalue weighted by atomic mass is 9.95. The van der Waals surface area contributed by atoms with Crippen molar-refractivity contribution < 1.29 is 9.59 Å². The molecule has 180 valence electrons. The summed E-state index contributed by atoms with van der Waals surface area (Å²) in [6, 6.07) is 12.9. The third kappa shape index (κ3) is 3.40. The third-order valence-corrected chi connectivity index (χ3v) is 7.54. The van der Waals surface area contributed by atoms with E-state index in [4.69, 9.17) is 10.7 Å². The number of nitrogens with two attached hydrogens (primary N) is 1. The second-order valence-electron chi connectivity index (χ2n) is 9.61. The Morgan fingerprint density at radius 2 is 1.97 bits per heavy atom. The summed E-state index contributed by atoms with van der Waals surface area (Å²) in [6.07, 6.45) is 9.60. The molecular weight excluding hydrogens is 452 g/mol. The van der Waals surface area contributed by atoms with E-state index in [2.05, 4.69) is 16.5 Å². The fourth-order valence-electron chi connectivity index (χ4n) is 5.87. The van der Waals surface area contributed by atoms with Crippen molar-refractivity contribution in [2.75, 3.05) is 12.3 Å². The number of hydrogen-bond acceptors (Lipinski definition) is 6. The maximum absolute atomic E-state index is 12.8. The molecule has 1 saturated heterocycles. The van der Waals surface area contributed by atoms with Crippen LogP contribution in [0.15, 0.2) is 73.7 Å². The third-order valence-electron chi connectivity index (χ3n) is 7.54. The molecule has 0 spiro atoms. The fraction of sp³-hybridized carbons (Fsp3) is 0.250. The van der Waals surface area contributed by atoms with E-state index in [1.807, 2.05) is 58.0 Å². The molecule has 2 N–H and O–H groups in total. The number of pyridine rings is 1. The van der Waals surface area contributed by atoms with Gasteiger partial charge in [0, 0.05) is 42.0 Å². The molecule has 8 nitrogen and oxygen atoms in total. The first kappa shape index (κ1) is 22.2. The van der Waals surface area contributed by atoms with Gasteiger partial charge in [-0.2, -0.15) is 0 Å².